The Labute approximate surface area is 232 Å². The van der Waals surface area contributed by atoms with Crippen LogP contribution in [-0.2, 0) is 16.1 Å². The normalized spacial score (nSPS) is 24.5. The van der Waals surface area contributed by atoms with E-state index in [0.717, 1.165) is 36.3 Å². The van der Waals surface area contributed by atoms with Crippen LogP contribution in [0.5, 0.6) is 0 Å². The fraction of sp³-hybridized carbons (Fsp3) is 0.424. The molecule has 3 aromatic carbocycles. The molecule has 0 aliphatic carbocycles. The summed E-state index contributed by atoms with van der Waals surface area (Å²) in [5.41, 5.74) is 4.16. The lowest BCUT2D eigenvalue weighted by atomic mass is 9.89. The Bertz CT molecular complexity index is 1190. The maximum atomic E-state index is 12.8. The van der Waals surface area contributed by atoms with Crippen LogP contribution in [0.2, 0.25) is 0 Å². The first kappa shape index (κ1) is 27.5. The Morgan fingerprint density at radius 2 is 1.59 bits per heavy atom. The van der Waals surface area contributed by atoms with Gasteiger partial charge >= 0.3 is 0 Å². The Hall–Kier alpha value is -3.03. The molecule has 5 rings (SSSR count). The van der Waals surface area contributed by atoms with Crippen molar-refractivity contribution in [3.8, 4) is 0 Å². The molecule has 0 unspecified atom stereocenters. The standard InChI is InChI=1S/C33H40N2O4/c1-24-30(22-35-19-8-3-2-4-9-20-35)38-33(39-31(24)26-17-15-25(23-36)16-18-26)28-13-10-14-29(21-28)34-32(37)27-11-6-5-7-12-27/h5-7,10-18,21,24,30-31,33,36H,2-4,8-9,19-20,22-23H2,1H3,(H,34,37)/t24-,30+,31+,33+/m0/s1. The third kappa shape index (κ3) is 7.14. The van der Waals surface area contributed by atoms with Crippen molar-refractivity contribution < 1.29 is 19.4 Å². The molecule has 0 saturated carbocycles. The molecule has 0 bridgehead atoms. The van der Waals surface area contributed by atoms with Crippen LogP contribution >= 0.6 is 0 Å². The van der Waals surface area contributed by atoms with Crippen molar-refractivity contribution in [3.63, 3.8) is 0 Å². The van der Waals surface area contributed by atoms with E-state index in [2.05, 4.69) is 29.3 Å². The van der Waals surface area contributed by atoms with E-state index in [1.807, 2.05) is 54.6 Å². The quantitative estimate of drug-likeness (QED) is 0.367. The maximum absolute atomic E-state index is 12.8. The summed E-state index contributed by atoms with van der Waals surface area (Å²) in [6.07, 6.45) is 5.68. The first-order valence-electron chi connectivity index (χ1n) is 14.3. The predicted octanol–water partition coefficient (Wildman–Crippen LogP) is 6.49. The van der Waals surface area contributed by atoms with Crippen LogP contribution in [-0.4, -0.2) is 41.7 Å². The molecule has 6 nitrogen and oxygen atoms in total. The predicted molar refractivity (Wildman–Crippen MR) is 153 cm³/mol. The zero-order valence-corrected chi connectivity index (χ0v) is 22.8. The van der Waals surface area contributed by atoms with Gasteiger partial charge in [-0.15, -0.1) is 0 Å². The Morgan fingerprint density at radius 3 is 2.31 bits per heavy atom. The second-order valence-electron chi connectivity index (χ2n) is 10.8. The van der Waals surface area contributed by atoms with Crippen molar-refractivity contribution in [2.45, 2.75) is 64.1 Å². The number of hydrogen-bond donors (Lipinski definition) is 2. The monoisotopic (exact) mass is 528 g/mol. The van der Waals surface area contributed by atoms with Gasteiger partial charge in [-0.25, -0.2) is 0 Å². The van der Waals surface area contributed by atoms with E-state index in [4.69, 9.17) is 9.47 Å². The number of ether oxygens (including phenoxy) is 2. The highest BCUT2D eigenvalue weighted by atomic mass is 16.7. The molecule has 3 aromatic rings. The molecule has 4 atom stereocenters. The highest BCUT2D eigenvalue weighted by molar-refractivity contribution is 6.04. The molecule has 206 valence electrons. The number of anilines is 1. The van der Waals surface area contributed by atoms with Gasteiger partial charge < -0.3 is 24.8 Å². The SMILES string of the molecule is C[C@H]1[C@@H](CN2CCCCCCC2)O[C@@H](c2cccc(NC(=O)c3ccccc3)c2)O[C@H]1c1ccc(CO)cc1. The molecule has 2 aliphatic heterocycles. The Balaban J connectivity index is 1.38. The van der Waals surface area contributed by atoms with E-state index >= 15 is 0 Å². The third-order valence-corrected chi connectivity index (χ3v) is 7.96. The van der Waals surface area contributed by atoms with Gasteiger partial charge in [-0.1, -0.05) is 80.8 Å². The highest BCUT2D eigenvalue weighted by Gasteiger charge is 2.39. The largest absolute Gasteiger partial charge is 0.392 e. The lowest BCUT2D eigenvalue weighted by Gasteiger charge is -2.43. The van der Waals surface area contributed by atoms with E-state index in [-0.39, 0.29) is 30.6 Å². The summed E-state index contributed by atoms with van der Waals surface area (Å²) in [5, 5.41) is 12.5. The maximum Gasteiger partial charge on any atom is 0.255 e. The van der Waals surface area contributed by atoms with Gasteiger partial charge in [0.2, 0.25) is 0 Å². The van der Waals surface area contributed by atoms with Crippen molar-refractivity contribution in [1.82, 2.24) is 4.90 Å². The molecule has 0 radical (unpaired) electrons. The van der Waals surface area contributed by atoms with Gasteiger partial charge in [-0.3, -0.25) is 4.79 Å². The van der Waals surface area contributed by atoms with Gasteiger partial charge in [-0.05, 0) is 61.3 Å². The van der Waals surface area contributed by atoms with Gasteiger partial charge in [0.25, 0.3) is 5.91 Å². The number of amides is 1. The summed E-state index contributed by atoms with van der Waals surface area (Å²) in [5.74, 6) is -0.00343. The van der Waals surface area contributed by atoms with E-state index in [0.29, 0.717) is 11.3 Å². The van der Waals surface area contributed by atoms with E-state index in [1.165, 1.54) is 32.1 Å². The Morgan fingerprint density at radius 1 is 0.872 bits per heavy atom. The van der Waals surface area contributed by atoms with Gasteiger partial charge in [-0.2, -0.15) is 0 Å². The average Bonchev–Trinajstić information content (AvgIpc) is 2.96. The lowest BCUT2D eigenvalue weighted by molar-refractivity contribution is -0.276. The number of aliphatic hydroxyl groups excluding tert-OH is 1. The third-order valence-electron chi connectivity index (χ3n) is 7.96. The summed E-state index contributed by atoms with van der Waals surface area (Å²) in [7, 11) is 0. The zero-order chi connectivity index (χ0) is 27.0. The molecule has 2 N–H and O–H groups in total. The number of carbonyl (C=O) groups excluding carboxylic acids is 1. The van der Waals surface area contributed by atoms with Crippen LogP contribution in [0.15, 0.2) is 78.9 Å². The van der Waals surface area contributed by atoms with Crippen molar-refractivity contribution in [1.29, 1.82) is 0 Å². The minimum atomic E-state index is -0.558. The van der Waals surface area contributed by atoms with Crippen LogP contribution in [0.25, 0.3) is 0 Å². The zero-order valence-electron chi connectivity index (χ0n) is 22.8. The summed E-state index contributed by atoms with van der Waals surface area (Å²) < 4.78 is 13.3. The smallest absolute Gasteiger partial charge is 0.255 e. The molecule has 2 fully saturated rings. The van der Waals surface area contributed by atoms with Crippen LogP contribution in [0.3, 0.4) is 0 Å². The van der Waals surface area contributed by atoms with Crippen LogP contribution in [0.1, 0.15) is 78.5 Å². The summed E-state index contributed by atoms with van der Waals surface area (Å²) in [4.78, 5) is 15.3. The lowest BCUT2D eigenvalue weighted by Crippen LogP contribution is -2.45. The van der Waals surface area contributed by atoms with Gasteiger partial charge in [0.15, 0.2) is 6.29 Å². The summed E-state index contributed by atoms with van der Waals surface area (Å²) >= 11 is 0. The summed E-state index contributed by atoms with van der Waals surface area (Å²) in [6.45, 7) is 5.32. The average molecular weight is 529 g/mol. The fourth-order valence-corrected chi connectivity index (χ4v) is 5.63. The van der Waals surface area contributed by atoms with Crippen molar-refractivity contribution >= 4 is 11.6 Å². The molecular formula is C33H40N2O4. The van der Waals surface area contributed by atoms with Crippen LogP contribution in [0.4, 0.5) is 5.69 Å². The molecule has 2 aliphatic rings. The van der Waals surface area contributed by atoms with E-state index < -0.39 is 6.29 Å². The minimum absolute atomic E-state index is 0.00624. The van der Waals surface area contributed by atoms with Crippen LogP contribution < -0.4 is 5.32 Å². The van der Waals surface area contributed by atoms with Gasteiger partial charge in [0.1, 0.15) is 0 Å². The number of carbonyl (C=O) groups is 1. The second kappa shape index (κ2) is 13.4. The molecule has 6 heteroatoms. The number of nitrogens with one attached hydrogen (secondary N) is 1. The summed E-state index contributed by atoms with van der Waals surface area (Å²) in [6, 6.07) is 25.0. The van der Waals surface area contributed by atoms with Crippen molar-refractivity contribution in [2.24, 2.45) is 5.92 Å². The fourth-order valence-electron chi connectivity index (χ4n) is 5.63. The number of hydrogen-bond acceptors (Lipinski definition) is 5. The van der Waals surface area contributed by atoms with Crippen molar-refractivity contribution in [2.75, 3.05) is 25.0 Å². The number of likely N-dealkylation sites (tertiary alicyclic amines) is 1. The van der Waals surface area contributed by atoms with Crippen molar-refractivity contribution in [3.05, 3.63) is 101 Å². The van der Waals surface area contributed by atoms with Gasteiger partial charge in [0.05, 0.1) is 18.8 Å². The Kier molecular flexibility index (Phi) is 9.43. The number of rotatable bonds is 7. The van der Waals surface area contributed by atoms with E-state index in [1.54, 1.807) is 12.1 Å². The van der Waals surface area contributed by atoms with Gasteiger partial charge in [0, 0.05) is 29.3 Å². The topological polar surface area (TPSA) is 71.0 Å². The van der Waals surface area contributed by atoms with Crippen LogP contribution in [0, 0.1) is 5.92 Å². The molecule has 2 heterocycles. The molecular weight excluding hydrogens is 488 g/mol. The van der Waals surface area contributed by atoms with E-state index in [9.17, 15) is 9.90 Å². The molecule has 2 saturated heterocycles. The molecule has 1 amide bonds. The second-order valence-corrected chi connectivity index (χ2v) is 10.8. The first-order chi connectivity index (χ1) is 19.1. The highest BCUT2D eigenvalue weighted by Crippen LogP contribution is 2.42. The minimum Gasteiger partial charge on any atom is -0.392 e. The first-order valence-corrected chi connectivity index (χ1v) is 14.3. The number of nitrogens with zero attached hydrogens (tertiary/aromatic N) is 1. The number of benzene rings is 3. The molecule has 39 heavy (non-hydrogen) atoms. The molecule has 0 aromatic heterocycles. The molecule has 0 spiro atoms. The number of aliphatic hydroxyl groups is 1.